The highest BCUT2D eigenvalue weighted by Crippen LogP contribution is 2.18. The van der Waals surface area contributed by atoms with E-state index in [9.17, 15) is 9.18 Å². The Labute approximate surface area is 139 Å². The van der Waals surface area contributed by atoms with Crippen LogP contribution in [-0.4, -0.2) is 46.2 Å². The van der Waals surface area contributed by atoms with Crippen LogP contribution in [0.2, 0.25) is 0 Å². The number of aromatic amines is 1. The number of tetrazole rings is 1. The van der Waals surface area contributed by atoms with E-state index in [1.807, 2.05) is 0 Å². The van der Waals surface area contributed by atoms with Gasteiger partial charge in [0.2, 0.25) is 0 Å². The van der Waals surface area contributed by atoms with Gasteiger partial charge in [-0.25, -0.2) is 4.39 Å². The Morgan fingerprint density at radius 2 is 2.33 bits per heavy atom. The van der Waals surface area contributed by atoms with E-state index in [1.54, 1.807) is 12.1 Å². The topological polar surface area (TPSA) is 95.6 Å². The number of carbonyl (C=O) groups excluding carboxylic acids is 1. The molecule has 2 heterocycles. The number of nitrogens with one attached hydrogen (secondary N) is 3. The zero-order chi connectivity index (χ0) is 16.8. The van der Waals surface area contributed by atoms with Crippen LogP contribution in [0.15, 0.2) is 18.2 Å². The van der Waals surface area contributed by atoms with E-state index in [4.69, 9.17) is 0 Å². The molecule has 0 radical (unpaired) electrons. The standard InChI is InChI=1S/C16H21FN6O/c17-14-4-3-11(8-12-5-7-18-10-12)9-13(14)16(24)19-6-1-2-15-20-22-23-21-15/h3-4,9,12,18H,1-2,5-8,10H2,(H,19,24)(H,20,21,22,23). The maximum absolute atomic E-state index is 14.0. The first-order valence-corrected chi connectivity index (χ1v) is 8.22. The molecule has 8 heteroatoms. The molecule has 3 N–H and O–H groups in total. The highest BCUT2D eigenvalue weighted by atomic mass is 19.1. The number of aromatic nitrogens is 4. The Morgan fingerprint density at radius 1 is 1.42 bits per heavy atom. The number of aryl methyl sites for hydroxylation is 1. The van der Waals surface area contributed by atoms with Crippen molar-refractivity contribution in [2.24, 2.45) is 5.92 Å². The average Bonchev–Trinajstić information content (AvgIpc) is 3.27. The van der Waals surface area contributed by atoms with Gasteiger partial charge in [0.25, 0.3) is 5.91 Å². The minimum absolute atomic E-state index is 0.109. The van der Waals surface area contributed by atoms with Gasteiger partial charge < -0.3 is 10.6 Å². The Balaban J connectivity index is 1.52. The molecule has 7 nitrogen and oxygen atoms in total. The van der Waals surface area contributed by atoms with Crippen molar-refractivity contribution < 1.29 is 9.18 Å². The SMILES string of the molecule is O=C(NCCCc1nn[nH]n1)c1cc(CC2CCNC2)ccc1F. The summed E-state index contributed by atoms with van der Waals surface area (Å²) in [6.45, 7) is 2.44. The summed E-state index contributed by atoms with van der Waals surface area (Å²) < 4.78 is 14.0. The molecule has 0 bridgehead atoms. The summed E-state index contributed by atoms with van der Waals surface area (Å²) in [6.07, 6.45) is 3.26. The van der Waals surface area contributed by atoms with Gasteiger partial charge in [-0.2, -0.15) is 5.21 Å². The van der Waals surface area contributed by atoms with Crippen molar-refractivity contribution in [3.63, 3.8) is 0 Å². The fourth-order valence-electron chi connectivity index (χ4n) is 2.93. The lowest BCUT2D eigenvalue weighted by Gasteiger charge is -2.11. The van der Waals surface area contributed by atoms with E-state index >= 15 is 0 Å². The van der Waals surface area contributed by atoms with Crippen LogP contribution >= 0.6 is 0 Å². The Kier molecular flexibility index (Phi) is 5.47. The molecule has 1 aliphatic heterocycles. The van der Waals surface area contributed by atoms with Gasteiger partial charge in [0.1, 0.15) is 5.82 Å². The third-order valence-corrected chi connectivity index (χ3v) is 4.21. The number of H-pyrrole nitrogens is 1. The van der Waals surface area contributed by atoms with Crippen molar-refractivity contribution in [1.29, 1.82) is 0 Å². The fraction of sp³-hybridized carbons (Fsp3) is 0.500. The summed E-state index contributed by atoms with van der Waals surface area (Å²) >= 11 is 0. The van der Waals surface area contributed by atoms with Crippen LogP contribution in [0.5, 0.6) is 0 Å². The van der Waals surface area contributed by atoms with Crippen molar-refractivity contribution in [1.82, 2.24) is 31.3 Å². The van der Waals surface area contributed by atoms with Gasteiger partial charge in [0, 0.05) is 13.0 Å². The van der Waals surface area contributed by atoms with Crippen LogP contribution in [-0.2, 0) is 12.8 Å². The number of benzene rings is 1. The van der Waals surface area contributed by atoms with Crippen LogP contribution in [0.25, 0.3) is 0 Å². The van der Waals surface area contributed by atoms with E-state index in [1.165, 1.54) is 6.07 Å². The van der Waals surface area contributed by atoms with Crippen LogP contribution in [0.1, 0.15) is 34.6 Å². The average molecular weight is 332 g/mol. The maximum Gasteiger partial charge on any atom is 0.254 e. The van der Waals surface area contributed by atoms with Crippen LogP contribution < -0.4 is 10.6 Å². The van der Waals surface area contributed by atoms with Crippen molar-refractivity contribution in [2.45, 2.75) is 25.7 Å². The molecule has 3 rings (SSSR count). The largest absolute Gasteiger partial charge is 0.352 e. The van der Waals surface area contributed by atoms with Gasteiger partial charge in [0.05, 0.1) is 5.56 Å². The number of hydrogen-bond acceptors (Lipinski definition) is 5. The Morgan fingerprint density at radius 3 is 3.08 bits per heavy atom. The van der Waals surface area contributed by atoms with Gasteiger partial charge in [0.15, 0.2) is 5.82 Å². The molecule has 2 aromatic rings. The predicted molar refractivity (Wildman–Crippen MR) is 85.9 cm³/mol. The zero-order valence-electron chi connectivity index (χ0n) is 13.4. The minimum atomic E-state index is -0.487. The number of carbonyl (C=O) groups is 1. The molecule has 1 aliphatic rings. The number of amides is 1. The van der Waals surface area contributed by atoms with Crippen LogP contribution in [0.3, 0.4) is 0 Å². The first-order valence-electron chi connectivity index (χ1n) is 8.22. The summed E-state index contributed by atoms with van der Waals surface area (Å²) in [4.78, 5) is 12.2. The molecule has 1 atom stereocenters. The van der Waals surface area contributed by atoms with E-state index in [0.717, 1.165) is 31.5 Å². The molecule has 0 spiro atoms. The smallest absolute Gasteiger partial charge is 0.254 e. The van der Waals surface area contributed by atoms with E-state index < -0.39 is 5.82 Å². The highest BCUT2D eigenvalue weighted by molar-refractivity contribution is 5.94. The van der Waals surface area contributed by atoms with E-state index in [-0.39, 0.29) is 11.5 Å². The van der Waals surface area contributed by atoms with Crippen LogP contribution in [0.4, 0.5) is 4.39 Å². The molecular formula is C16H21FN6O. The predicted octanol–water partition coefficient (Wildman–Crippen LogP) is 0.853. The summed E-state index contributed by atoms with van der Waals surface area (Å²) in [5, 5.41) is 19.6. The van der Waals surface area contributed by atoms with Crippen LogP contribution in [0, 0.1) is 11.7 Å². The second-order valence-corrected chi connectivity index (χ2v) is 6.06. The van der Waals surface area contributed by atoms with E-state index in [0.29, 0.717) is 31.1 Å². The second kappa shape index (κ2) is 7.96. The third kappa shape index (κ3) is 4.35. The first kappa shape index (κ1) is 16.5. The lowest BCUT2D eigenvalue weighted by atomic mass is 9.97. The Bertz CT molecular complexity index is 669. The molecular weight excluding hydrogens is 311 g/mol. The van der Waals surface area contributed by atoms with Gasteiger partial charge >= 0.3 is 0 Å². The second-order valence-electron chi connectivity index (χ2n) is 6.06. The van der Waals surface area contributed by atoms with Gasteiger partial charge in [-0.3, -0.25) is 4.79 Å². The summed E-state index contributed by atoms with van der Waals surface area (Å²) in [7, 11) is 0. The van der Waals surface area contributed by atoms with E-state index in [2.05, 4.69) is 31.3 Å². The molecule has 128 valence electrons. The van der Waals surface area contributed by atoms with Crippen molar-refractivity contribution in [2.75, 3.05) is 19.6 Å². The number of rotatable bonds is 7. The first-order chi connectivity index (χ1) is 11.7. The zero-order valence-corrected chi connectivity index (χ0v) is 13.4. The number of nitrogens with zero attached hydrogens (tertiary/aromatic N) is 3. The normalized spacial score (nSPS) is 17.1. The molecule has 24 heavy (non-hydrogen) atoms. The minimum Gasteiger partial charge on any atom is -0.352 e. The molecule has 1 saturated heterocycles. The van der Waals surface area contributed by atoms with Gasteiger partial charge in [-0.05, 0) is 56.0 Å². The summed E-state index contributed by atoms with van der Waals surface area (Å²) in [5.74, 6) is 0.287. The Hall–Kier alpha value is -2.35. The van der Waals surface area contributed by atoms with Crippen molar-refractivity contribution in [3.8, 4) is 0 Å². The molecule has 0 aliphatic carbocycles. The number of halogens is 1. The number of hydrogen-bond donors (Lipinski definition) is 3. The molecule has 1 amide bonds. The molecule has 1 aromatic heterocycles. The molecule has 0 saturated carbocycles. The molecule has 1 fully saturated rings. The highest BCUT2D eigenvalue weighted by Gasteiger charge is 2.17. The summed E-state index contributed by atoms with van der Waals surface area (Å²) in [5.41, 5.74) is 1.11. The monoisotopic (exact) mass is 332 g/mol. The fourth-order valence-corrected chi connectivity index (χ4v) is 2.93. The summed E-state index contributed by atoms with van der Waals surface area (Å²) in [6, 6.07) is 4.81. The van der Waals surface area contributed by atoms with Crippen molar-refractivity contribution >= 4 is 5.91 Å². The van der Waals surface area contributed by atoms with Crippen molar-refractivity contribution in [3.05, 3.63) is 41.0 Å². The quantitative estimate of drug-likeness (QED) is 0.654. The lowest BCUT2D eigenvalue weighted by molar-refractivity contribution is 0.0949. The third-order valence-electron chi connectivity index (χ3n) is 4.21. The molecule has 1 aromatic carbocycles. The maximum atomic E-state index is 14.0. The van der Waals surface area contributed by atoms with Gasteiger partial charge in [-0.1, -0.05) is 11.3 Å². The molecule has 1 unspecified atom stereocenters. The lowest BCUT2D eigenvalue weighted by Crippen LogP contribution is -2.26. The van der Waals surface area contributed by atoms with Gasteiger partial charge in [-0.15, -0.1) is 10.2 Å².